The van der Waals surface area contributed by atoms with E-state index in [1.807, 2.05) is 6.92 Å². The summed E-state index contributed by atoms with van der Waals surface area (Å²) in [5.74, 6) is -0.0440. The van der Waals surface area contributed by atoms with Gasteiger partial charge in [-0.05, 0) is 6.42 Å². The molecule has 0 radical (unpaired) electrons. The third-order valence-electron chi connectivity index (χ3n) is 0.529. The molecular formula is C8H14O2-2. The summed E-state index contributed by atoms with van der Waals surface area (Å²) in [7, 11) is 0. The summed E-state index contributed by atoms with van der Waals surface area (Å²) in [6.07, 6.45) is 1.54. The zero-order valence-corrected chi connectivity index (χ0v) is 6.64. The smallest absolute Gasteiger partial charge is 0.0432 e. The molecule has 0 N–H and O–H groups in total. The summed E-state index contributed by atoms with van der Waals surface area (Å²) in [6.45, 7) is 9.57. The molecule has 0 rings (SSSR count). The Morgan fingerprint density at radius 3 is 1.60 bits per heavy atom. The summed E-state index contributed by atoms with van der Waals surface area (Å²) in [6, 6.07) is 0. The van der Waals surface area contributed by atoms with Gasteiger partial charge in [-0.25, -0.2) is 0 Å². The molecule has 2 nitrogen and oxygen atoms in total. The highest BCUT2D eigenvalue weighted by Gasteiger charge is 1.69. The normalized spacial score (nSPS) is 7.40. The maximum atomic E-state index is 9.93. The number of allylic oxidation sites excluding steroid dienone is 2. The van der Waals surface area contributed by atoms with E-state index in [0.29, 0.717) is 6.42 Å². The maximum absolute atomic E-state index is 9.93. The number of rotatable bonds is 2. The van der Waals surface area contributed by atoms with E-state index in [1.165, 1.54) is 6.92 Å². The van der Waals surface area contributed by atoms with Gasteiger partial charge < -0.3 is 10.2 Å². The largest absolute Gasteiger partial charge is 0.876 e. The van der Waals surface area contributed by atoms with Crippen molar-refractivity contribution in [2.75, 3.05) is 0 Å². The summed E-state index contributed by atoms with van der Waals surface area (Å²) in [5.41, 5.74) is 0. The second-order valence-corrected chi connectivity index (χ2v) is 1.99. The molecule has 0 saturated heterocycles. The Labute approximate surface area is 62.5 Å². The van der Waals surface area contributed by atoms with Gasteiger partial charge in [-0.1, -0.05) is 20.3 Å². The Kier molecular flexibility index (Phi) is 9.56. The SMILES string of the molecule is C=C(C)[O-].C=C([O-])CCC. The van der Waals surface area contributed by atoms with Crippen LogP contribution in [0.1, 0.15) is 26.7 Å². The van der Waals surface area contributed by atoms with Crippen LogP contribution in [-0.2, 0) is 0 Å². The Morgan fingerprint density at radius 2 is 1.60 bits per heavy atom. The van der Waals surface area contributed by atoms with Gasteiger partial charge >= 0.3 is 0 Å². The molecular weight excluding hydrogens is 128 g/mol. The van der Waals surface area contributed by atoms with Crippen LogP contribution in [0.4, 0.5) is 0 Å². The summed E-state index contributed by atoms with van der Waals surface area (Å²) in [4.78, 5) is 0. The second kappa shape index (κ2) is 8.08. The Bertz CT molecular complexity index is 102. The first kappa shape index (κ1) is 11.8. The standard InChI is InChI=1S/C5H10O.C3H6O/c1-3-4-5(2)6;1-3(2)4/h6H,2-4H2,1H3;4H,1H2,2H3/p-2. The van der Waals surface area contributed by atoms with E-state index in [-0.39, 0.29) is 11.5 Å². The van der Waals surface area contributed by atoms with Gasteiger partial charge in [0.2, 0.25) is 0 Å². The average molecular weight is 142 g/mol. The van der Waals surface area contributed by atoms with Gasteiger partial charge in [-0.15, -0.1) is 24.7 Å². The molecule has 60 valence electrons. The lowest BCUT2D eigenvalue weighted by Crippen LogP contribution is -1.99. The molecule has 0 aliphatic rings. The fourth-order valence-electron chi connectivity index (χ4n) is 0.279. The van der Waals surface area contributed by atoms with Crippen molar-refractivity contribution in [3.8, 4) is 0 Å². The van der Waals surface area contributed by atoms with Crippen LogP contribution in [0.5, 0.6) is 0 Å². The molecule has 0 fully saturated rings. The minimum Gasteiger partial charge on any atom is -0.876 e. The van der Waals surface area contributed by atoms with E-state index in [1.54, 1.807) is 0 Å². The van der Waals surface area contributed by atoms with Crippen molar-refractivity contribution in [2.45, 2.75) is 26.7 Å². The zero-order chi connectivity index (χ0) is 8.57. The topological polar surface area (TPSA) is 46.1 Å². The lowest BCUT2D eigenvalue weighted by Gasteiger charge is -2.03. The zero-order valence-electron chi connectivity index (χ0n) is 6.64. The van der Waals surface area contributed by atoms with Crippen molar-refractivity contribution >= 4 is 0 Å². The number of hydrogen-bond donors (Lipinski definition) is 0. The van der Waals surface area contributed by atoms with Crippen molar-refractivity contribution in [1.29, 1.82) is 0 Å². The molecule has 2 heteroatoms. The first-order valence-electron chi connectivity index (χ1n) is 3.18. The van der Waals surface area contributed by atoms with Crippen LogP contribution in [0.2, 0.25) is 0 Å². The minimum absolute atomic E-state index is 0.0394. The molecule has 0 aliphatic heterocycles. The molecule has 10 heavy (non-hydrogen) atoms. The third kappa shape index (κ3) is 60.5. The molecule has 0 atom stereocenters. The molecule has 0 bridgehead atoms. The first-order valence-corrected chi connectivity index (χ1v) is 3.18. The summed E-state index contributed by atoms with van der Waals surface area (Å²) in [5, 5.41) is 19.3. The van der Waals surface area contributed by atoms with Gasteiger partial charge in [0, 0.05) is 0 Å². The minimum atomic E-state index is -0.0833. The molecule has 0 aromatic carbocycles. The van der Waals surface area contributed by atoms with Crippen LogP contribution in [0.15, 0.2) is 24.7 Å². The highest BCUT2D eigenvalue weighted by atomic mass is 16.3. The van der Waals surface area contributed by atoms with Crippen molar-refractivity contribution in [1.82, 2.24) is 0 Å². The predicted octanol–water partition coefficient (Wildman–Crippen LogP) is 0.541. The van der Waals surface area contributed by atoms with Gasteiger partial charge in [0.1, 0.15) is 0 Å². The van der Waals surface area contributed by atoms with E-state index in [2.05, 4.69) is 13.2 Å². The second-order valence-electron chi connectivity index (χ2n) is 1.99. The van der Waals surface area contributed by atoms with Crippen molar-refractivity contribution < 1.29 is 10.2 Å². The van der Waals surface area contributed by atoms with Gasteiger partial charge in [0.05, 0.1) is 0 Å². The predicted molar refractivity (Wildman–Crippen MR) is 38.9 cm³/mol. The molecule has 0 amide bonds. The van der Waals surface area contributed by atoms with Gasteiger partial charge in [-0.3, -0.25) is 0 Å². The highest BCUT2D eigenvalue weighted by Crippen LogP contribution is 1.89. The number of hydrogen-bond acceptors (Lipinski definition) is 2. The van der Waals surface area contributed by atoms with Crippen LogP contribution in [0, 0.1) is 0 Å². The monoisotopic (exact) mass is 142 g/mol. The molecule has 0 saturated carbocycles. The molecule has 0 aliphatic carbocycles. The van der Waals surface area contributed by atoms with E-state index in [9.17, 15) is 10.2 Å². The van der Waals surface area contributed by atoms with Crippen LogP contribution in [-0.4, -0.2) is 0 Å². The van der Waals surface area contributed by atoms with E-state index in [0.717, 1.165) is 6.42 Å². The van der Waals surface area contributed by atoms with Gasteiger partial charge in [-0.2, -0.15) is 0 Å². The molecule has 0 unspecified atom stereocenters. The molecule has 0 aromatic heterocycles. The summed E-state index contributed by atoms with van der Waals surface area (Å²) >= 11 is 0. The lowest BCUT2D eigenvalue weighted by molar-refractivity contribution is -0.305. The fraction of sp³-hybridized carbons (Fsp3) is 0.500. The van der Waals surface area contributed by atoms with Gasteiger partial charge in [0.15, 0.2) is 0 Å². The third-order valence-corrected chi connectivity index (χ3v) is 0.529. The van der Waals surface area contributed by atoms with Crippen LogP contribution in [0.25, 0.3) is 0 Å². The highest BCUT2D eigenvalue weighted by molar-refractivity contribution is 4.74. The van der Waals surface area contributed by atoms with Crippen molar-refractivity contribution in [3.05, 3.63) is 24.7 Å². The Morgan fingerprint density at radius 1 is 1.30 bits per heavy atom. The van der Waals surface area contributed by atoms with Crippen molar-refractivity contribution in [3.63, 3.8) is 0 Å². The van der Waals surface area contributed by atoms with E-state index >= 15 is 0 Å². The first-order chi connectivity index (χ1) is 4.50. The molecule has 0 spiro atoms. The average Bonchev–Trinajstić information content (AvgIpc) is 1.62. The van der Waals surface area contributed by atoms with Crippen LogP contribution in [0.3, 0.4) is 0 Å². The van der Waals surface area contributed by atoms with Crippen LogP contribution < -0.4 is 10.2 Å². The Balaban J connectivity index is 0. The van der Waals surface area contributed by atoms with Crippen LogP contribution >= 0.6 is 0 Å². The van der Waals surface area contributed by atoms with E-state index < -0.39 is 0 Å². The fourth-order valence-corrected chi connectivity index (χ4v) is 0.279. The van der Waals surface area contributed by atoms with Gasteiger partial charge in [0.25, 0.3) is 0 Å². The van der Waals surface area contributed by atoms with E-state index in [4.69, 9.17) is 0 Å². The molecule has 0 aromatic rings. The maximum Gasteiger partial charge on any atom is -0.0432 e. The molecule has 0 heterocycles. The summed E-state index contributed by atoms with van der Waals surface area (Å²) < 4.78 is 0. The quantitative estimate of drug-likeness (QED) is 0.528. The Hall–Kier alpha value is -0.920. The lowest BCUT2D eigenvalue weighted by atomic mass is 10.3. The van der Waals surface area contributed by atoms with Crippen molar-refractivity contribution in [2.24, 2.45) is 0 Å².